The molecular formula is C10H13N3O2. The number of aliphatic hydroxyl groups excluding tert-OH is 1. The lowest BCUT2D eigenvalue weighted by molar-refractivity contribution is 0.147. The van der Waals surface area contributed by atoms with Crippen LogP contribution in [0.1, 0.15) is 17.6 Å². The second kappa shape index (κ2) is 4.77. The van der Waals surface area contributed by atoms with Crippen molar-refractivity contribution >= 4 is 0 Å². The highest BCUT2D eigenvalue weighted by Crippen LogP contribution is 2.11. The molecule has 2 heterocycles. The van der Waals surface area contributed by atoms with Crippen LogP contribution in [-0.4, -0.2) is 21.8 Å². The van der Waals surface area contributed by atoms with Gasteiger partial charge in [0.2, 0.25) is 0 Å². The molecule has 0 aliphatic rings. The van der Waals surface area contributed by atoms with E-state index < -0.39 is 6.10 Å². The van der Waals surface area contributed by atoms with E-state index in [1.165, 1.54) is 0 Å². The summed E-state index contributed by atoms with van der Waals surface area (Å²) in [5, 5.41) is 19.4. The Balaban J connectivity index is 1.74. The van der Waals surface area contributed by atoms with E-state index in [2.05, 4.69) is 15.5 Å². The Labute approximate surface area is 87.1 Å². The molecule has 5 heteroatoms. The molecule has 0 radical (unpaired) electrons. The van der Waals surface area contributed by atoms with Gasteiger partial charge in [-0.3, -0.25) is 5.10 Å². The molecule has 5 nitrogen and oxygen atoms in total. The van der Waals surface area contributed by atoms with E-state index in [9.17, 15) is 5.11 Å². The van der Waals surface area contributed by atoms with Crippen molar-refractivity contribution in [2.45, 2.75) is 12.6 Å². The highest BCUT2D eigenvalue weighted by Gasteiger charge is 2.09. The topological polar surface area (TPSA) is 74.1 Å². The molecule has 0 saturated carbocycles. The number of rotatable bonds is 5. The summed E-state index contributed by atoms with van der Waals surface area (Å²) >= 11 is 0. The standard InChI is InChI=1S/C10H13N3O2/c14-9(10-2-1-5-15-10)7-11-6-8-3-4-12-13-8/h1-5,9,11,14H,6-7H2,(H,12,13). The summed E-state index contributed by atoms with van der Waals surface area (Å²) < 4.78 is 5.07. The van der Waals surface area contributed by atoms with Crippen LogP contribution in [0.15, 0.2) is 35.1 Å². The Hall–Kier alpha value is -1.59. The summed E-state index contributed by atoms with van der Waals surface area (Å²) in [6.45, 7) is 1.10. The largest absolute Gasteiger partial charge is 0.467 e. The van der Waals surface area contributed by atoms with Crippen molar-refractivity contribution in [1.82, 2.24) is 15.5 Å². The fraction of sp³-hybridized carbons (Fsp3) is 0.300. The maximum absolute atomic E-state index is 9.66. The molecule has 2 aromatic rings. The summed E-state index contributed by atoms with van der Waals surface area (Å²) in [5.74, 6) is 0.576. The lowest BCUT2D eigenvalue weighted by Gasteiger charge is -2.08. The Morgan fingerprint density at radius 1 is 1.53 bits per heavy atom. The van der Waals surface area contributed by atoms with Gasteiger partial charge >= 0.3 is 0 Å². The molecule has 1 unspecified atom stereocenters. The third kappa shape index (κ3) is 2.68. The van der Waals surface area contributed by atoms with Gasteiger partial charge in [0.1, 0.15) is 11.9 Å². The van der Waals surface area contributed by atoms with Gasteiger partial charge in [0.15, 0.2) is 0 Å². The first-order valence-corrected chi connectivity index (χ1v) is 4.76. The summed E-state index contributed by atoms with van der Waals surface area (Å²) in [6, 6.07) is 5.39. The smallest absolute Gasteiger partial charge is 0.133 e. The van der Waals surface area contributed by atoms with Crippen molar-refractivity contribution in [1.29, 1.82) is 0 Å². The van der Waals surface area contributed by atoms with Gasteiger partial charge in [-0.2, -0.15) is 5.10 Å². The molecule has 80 valence electrons. The third-order valence-corrected chi connectivity index (χ3v) is 2.08. The number of nitrogens with one attached hydrogen (secondary N) is 2. The van der Waals surface area contributed by atoms with Crippen LogP contribution in [0.25, 0.3) is 0 Å². The normalized spacial score (nSPS) is 12.9. The van der Waals surface area contributed by atoms with Crippen LogP contribution in [0.2, 0.25) is 0 Å². The van der Waals surface area contributed by atoms with Gasteiger partial charge in [-0.25, -0.2) is 0 Å². The summed E-state index contributed by atoms with van der Waals surface area (Å²) in [6.07, 6.45) is 2.64. The van der Waals surface area contributed by atoms with E-state index >= 15 is 0 Å². The van der Waals surface area contributed by atoms with Crippen LogP contribution in [0, 0.1) is 0 Å². The fourth-order valence-corrected chi connectivity index (χ4v) is 1.31. The summed E-state index contributed by atoms with van der Waals surface area (Å²) in [4.78, 5) is 0. The molecule has 0 aromatic carbocycles. The van der Waals surface area contributed by atoms with Crippen LogP contribution < -0.4 is 5.32 Å². The van der Waals surface area contributed by atoms with E-state index in [1.807, 2.05) is 6.07 Å². The van der Waals surface area contributed by atoms with E-state index in [4.69, 9.17) is 4.42 Å². The number of furan rings is 1. The van der Waals surface area contributed by atoms with Crippen molar-refractivity contribution < 1.29 is 9.52 Å². The predicted molar refractivity (Wildman–Crippen MR) is 54.0 cm³/mol. The van der Waals surface area contributed by atoms with Crippen LogP contribution in [-0.2, 0) is 6.54 Å². The van der Waals surface area contributed by atoms with Crippen molar-refractivity contribution in [2.24, 2.45) is 0 Å². The number of hydrogen-bond acceptors (Lipinski definition) is 4. The average molecular weight is 207 g/mol. The Morgan fingerprint density at radius 3 is 3.13 bits per heavy atom. The minimum atomic E-state index is -0.608. The second-order valence-electron chi connectivity index (χ2n) is 3.24. The van der Waals surface area contributed by atoms with Crippen LogP contribution >= 0.6 is 0 Å². The first kappa shape index (κ1) is 9.95. The zero-order chi connectivity index (χ0) is 10.5. The van der Waals surface area contributed by atoms with Gasteiger partial charge in [0, 0.05) is 25.0 Å². The van der Waals surface area contributed by atoms with E-state index in [0.29, 0.717) is 18.8 Å². The molecule has 0 aliphatic carbocycles. The number of aromatic nitrogens is 2. The van der Waals surface area contributed by atoms with Gasteiger partial charge in [0.05, 0.1) is 6.26 Å². The minimum Gasteiger partial charge on any atom is -0.467 e. The third-order valence-electron chi connectivity index (χ3n) is 2.08. The monoisotopic (exact) mass is 207 g/mol. The maximum atomic E-state index is 9.66. The zero-order valence-electron chi connectivity index (χ0n) is 8.18. The molecule has 0 fully saturated rings. The van der Waals surface area contributed by atoms with Gasteiger partial charge < -0.3 is 14.8 Å². The molecule has 0 saturated heterocycles. The summed E-state index contributed by atoms with van der Waals surface area (Å²) in [5.41, 5.74) is 0.988. The predicted octanol–water partition coefficient (Wildman–Crippen LogP) is 0.826. The summed E-state index contributed by atoms with van der Waals surface area (Å²) in [7, 11) is 0. The molecular weight excluding hydrogens is 194 g/mol. The number of aromatic amines is 1. The number of aliphatic hydroxyl groups is 1. The van der Waals surface area contributed by atoms with Crippen LogP contribution in [0.3, 0.4) is 0 Å². The first-order valence-electron chi connectivity index (χ1n) is 4.76. The van der Waals surface area contributed by atoms with Crippen molar-refractivity contribution in [3.63, 3.8) is 0 Å². The molecule has 0 spiro atoms. The molecule has 2 rings (SSSR count). The lowest BCUT2D eigenvalue weighted by Crippen LogP contribution is -2.20. The lowest BCUT2D eigenvalue weighted by atomic mass is 10.2. The van der Waals surface area contributed by atoms with Gasteiger partial charge in [-0.15, -0.1) is 0 Å². The van der Waals surface area contributed by atoms with Crippen molar-refractivity contribution in [3.05, 3.63) is 42.1 Å². The molecule has 2 aromatic heterocycles. The maximum Gasteiger partial charge on any atom is 0.133 e. The van der Waals surface area contributed by atoms with Gasteiger partial charge in [-0.05, 0) is 18.2 Å². The van der Waals surface area contributed by atoms with Crippen molar-refractivity contribution in [2.75, 3.05) is 6.54 Å². The molecule has 0 amide bonds. The highest BCUT2D eigenvalue weighted by molar-refractivity contribution is 5.02. The van der Waals surface area contributed by atoms with Gasteiger partial charge in [-0.1, -0.05) is 0 Å². The van der Waals surface area contributed by atoms with E-state index in [0.717, 1.165) is 5.69 Å². The van der Waals surface area contributed by atoms with Crippen LogP contribution in [0.5, 0.6) is 0 Å². The number of H-pyrrole nitrogens is 1. The Morgan fingerprint density at radius 2 is 2.47 bits per heavy atom. The average Bonchev–Trinajstić information content (AvgIpc) is 2.90. The molecule has 0 aliphatic heterocycles. The molecule has 1 atom stereocenters. The second-order valence-corrected chi connectivity index (χ2v) is 3.24. The van der Waals surface area contributed by atoms with E-state index in [1.54, 1.807) is 24.6 Å². The number of hydrogen-bond donors (Lipinski definition) is 3. The minimum absolute atomic E-state index is 0.451. The quantitative estimate of drug-likeness (QED) is 0.678. The molecule has 0 bridgehead atoms. The SMILES string of the molecule is OC(CNCc1ccn[nH]1)c1ccco1. The van der Waals surface area contributed by atoms with Crippen LogP contribution in [0.4, 0.5) is 0 Å². The van der Waals surface area contributed by atoms with Gasteiger partial charge in [0.25, 0.3) is 0 Å². The molecule has 3 N–H and O–H groups in total. The van der Waals surface area contributed by atoms with E-state index in [-0.39, 0.29) is 0 Å². The van der Waals surface area contributed by atoms with Crippen molar-refractivity contribution in [3.8, 4) is 0 Å². The highest BCUT2D eigenvalue weighted by atomic mass is 16.4. The number of nitrogens with zero attached hydrogens (tertiary/aromatic N) is 1. The Kier molecular flexibility index (Phi) is 3.16. The Bertz CT molecular complexity index is 369. The zero-order valence-corrected chi connectivity index (χ0v) is 8.18. The first-order chi connectivity index (χ1) is 7.36. The molecule has 15 heavy (non-hydrogen) atoms. The fourth-order valence-electron chi connectivity index (χ4n) is 1.31.